The second-order valence-corrected chi connectivity index (χ2v) is 11.7. The van der Waals surface area contributed by atoms with E-state index >= 15 is 0 Å². The molecule has 0 aliphatic carbocycles. The number of nitrogens with zero attached hydrogens (tertiary/aromatic N) is 5. The van der Waals surface area contributed by atoms with Crippen molar-refractivity contribution in [3.05, 3.63) is 54.1 Å². The van der Waals surface area contributed by atoms with Crippen LogP contribution in [0.1, 0.15) is 5.56 Å². The minimum atomic E-state index is -3.57. The number of amides is 1. The molecule has 0 radical (unpaired) electrons. The van der Waals surface area contributed by atoms with Gasteiger partial charge in [0.25, 0.3) is 0 Å². The van der Waals surface area contributed by atoms with E-state index in [0.717, 1.165) is 40.5 Å². The highest BCUT2D eigenvalue weighted by molar-refractivity contribution is 8.00. The first kappa shape index (κ1) is 24.9. The highest BCUT2D eigenvalue weighted by atomic mass is 32.2. The number of morpholine rings is 1. The summed E-state index contributed by atoms with van der Waals surface area (Å²) < 4.78 is 32.9. The van der Waals surface area contributed by atoms with Crippen LogP contribution in [-0.2, 0) is 19.6 Å². The summed E-state index contributed by atoms with van der Waals surface area (Å²) in [6.45, 7) is 5.93. The Kier molecular flexibility index (Phi) is 7.42. The molecule has 1 aromatic heterocycles. The second-order valence-electron chi connectivity index (χ2n) is 8.83. The van der Waals surface area contributed by atoms with Gasteiger partial charge >= 0.3 is 0 Å². The number of carbonyl (C=O) groups is 1. The molecule has 36 heavy (non-hydrogen) atoms. The highest BCUT2D eigenvalue weighted by Gasteiger charge is 2.30. The molecule has 11 heteroatoms. The van der Waals surface area contributed by atoms with Gasteiger partial charge in [0.15, 0.2) is 5.82 Å². The van der Waals surface area contributed by atoms with Crippen LogP contribution >= 0.6 is 11.8 Å². The summed E-state index contributed by atoms with van der Waals surface area (Å²) in [5.41, 5.74) is 2.62. The molecule has 0 atom stereocenters. The Morgan fingerprint density at radius 1 is 0.917 bits per heavy atom. The number of sulfonamides is 1. The highest BCUT2D eigenvalue weighted by Crippen LogP contribution is 2.30. The lowest BCUT2D eigenvalue weighted by Crippen LogP contribution is -2.51. The van der Waals surface area contributed by atoms with Gasteiger partial charge in [-0.1, -0.05) is 41.6 Å². The summed E-state index contributed by atoms with van der Waals surface area (Å²) >= 11 is 1.38. The molecule has 2 fully saturated rings. The quantitative estimate of drug-likeness (QED) is 0.451. The van der Waals surface area contributed by atoms with Crippen LogP contribution in [0, 0.1) is 6.92 Å². The Bertz CT molecular complexity index is 1340. The first-order valence-corrected chi connectivity index (χ1v) is 14.4. The van der Waals surface area contributed by atoms with Crippen LogP contribution in [0.3, 0.4) is 0 Å². The van der Waals surface area contributed by atoms with E-state index in [1.807, 2.05) is 31.2 Å². The number of aromatic nitrogens is 2. The summed E-state index contributed by atoms with van der Waals surface area (Å²) in [5, 5.41) is 0.726. The van der Waals surface area contributed by atoms with Crippen LogP contribution < -0.4 is 4.90 Å². The molecule has 3 heterocycles. The van der Waals surface area contributed by atoms with Gasteiger partial charge in [0.2, 0.25) is 15.9 Å². The Balaban J connectivity index is 1.24. The predicted molar refractivity (Wildman–Crippen MR) is 140 cm³/mol. The van der Waals surface area contributed by atoms with E-state index in [2.05, 4.69) is 4.90 Å². The molecule has 5 rings (SSSR count). The van der Waals surface area contributed by atoms with Gasteiger partial charge < -0.3 is 14.5 Å². The molecule has 2 saturated heterocycles. The topological polar surface area (TPSA) is 95.9 Å². The molecule has 9 nitrogen and oxygen atoms in total. The van der Waals surface area contributed by atoms with Crippen LogP contribution in [0.4, 0.5) is 5.82 Å². The molecule has 2 aliphatic heterocycles. The lowest BCUT2D eigenvalue weighted by molar-refractivity contribution is -0.129. The van der Waals surface area contributed by atoms with Crippen molar-refractivity contribution < 1.29 is 17.9 Å². The first-order chi connectivity index (χ1) is 17.4. The van der Waals surface area contributed by atoms with Crippen molar-refractivity contribution in [3.8, 4) is 0 Å². The number of carbonyl (C=O) groups excluding carboxylic acids is 1. The van der Waals surface area contributed by atoms with Gasteiger partial charge in [0.05, 0.1) is 34.9 Å². The molecule has 0 spiro atoms. The van der Waals surface area contributed by atoms with E-state index in [9.17, 15) is 13.2 Å². The zero-order chi connectivity index (χ0) is 25.1. The van der Waals surface area contributed by atoms with Crippen LogP contribution in [0.5, 0.6) is 0 Å². The summed E-state index contributed by atoms with van der Waals surface area (Å²) in [4.78, 5) is 26.9. The monoisotopic (exact) mass is 527 g/mol. The minimum absolute atomic E-state index is 0.0322. The van der Waals surface area contributed by atoms with E-state index in [1.54, 1.807) is 29.2 Å². The molecule has 0 unspecified atom stereocenters. The Labute approximate surface area is 215 Å². The Hall–Kier alpha value is -2.73. The summed E-state index contributed by atoms with van der Waals surface area (Å²) in [7, 11) is -3.57. The van der Waals surface area contributed by atoms with E-state index in [4.69, 9.17) is 14.7 Å². The number of piperazine rings is 1. The van der Waals surface area contributed by atoms with Crippen molar-refractivity contribution in [2.45, 2.75) is 16.8 Å². The van der Waals surface area contributed by atoms with Crippen LogP contribution in [0.2, 0.25) is 0 Å². The number of ether oxygens (including phenoxy) is 1. The number of benzene rings is 2. The lowest BCUT2D eigenvalue weighted by atomic mass is 10.2. The average Bonchev–Trinajstić information content (AvgIpc) is 2.92. The number of fused-ring (bicyclic) bond motifs is 1. The fraction of sp³-hybridized carbons (Fsp3) is 0.400. The number of rotatable bonds is 6. The van der Waals surface area contributed by atoms with Crippen molar-refractivity contribution in [1.29, 1.82) is 0 Å². The third kappa shape index (κ3) is 5.34. The molecule has 190 valence electrons. The van der Waals surface area contributed by atoms with Gasteiger partial charge in [-0.05, 0) is 31.2 Å². The van der Waals surface area contributed by atoms with E-state index in [0.29, 0.717) is 26.3 Å². The fourth-order valence-corrected chi connectivity index (χ4v) is 6.64. The largest absolute Gasteiger partial charge is 0.378 e. The van der Waals surface area contributed by atoms with E-state index in [-0.39, 0.29) is 29.6 Å². The lowest BCUT2D eigenvalue weighted by Gasteiger charge is -2.34. The zero-order valence-electron chi connectivity index (χ0n) is 20.2. The number of hydrogen-bond donors (Lipinski definition) is 0. The van der Waals surface area contributed by atoms with E-state index in [1.165, 1.54) is 16.1 Å². The molecule has 2 aliphatic rings. The van der Waals surface area contributed by atoms with Crippen LogP contribution in [-0.4, -0.2) is 91.7 Å². The maximum atomic E-state index is 13.0. The minimum Gasteiger partial charge on any atom is -0.378 e. The van der Waals surface area contributed by atoms with Gasteiger partial charge in [-0.25, -0.2) is 18.4 Å². The molecule has 1 amide bonds. The van der Waals surface area contributed by atoms with Crippen molar-refractivity contribution in [2.75, 3.05) is 63.1 Å². The molecular weight excluding hydrogens is 498 g/mol. The molecule has 0 N–H and O–H groups in total. The van der Waals surface area contributed by atoms with Crippen molar-refractivity contribution >= 4 is 44.5 Å². The van der Waals surface area contributed by atoms with Crippen molar-refractivity contribution in [1.82, 2.24) is 19.2 Å². The standard InChI is InChI=1S/C25H29N5O4S2/c1-19-6-8-20(9-7-19)36(32,33)30-12-10-28(11-13-30)23(31)18-35-25-24(29-14-16-34-17-15-29)26-21-4-2-3-5-22(21)27-25/h2-9H,10-18H2,1H3. The molecule has 2 aromatic carbocycles. The first-order valence-electron chi connectivity index (χ1n) is 12.0. The van der Waals surface area contributed by atoms with Gasteiger partial charge in [-0.3, -0.25) is 4.79 Å². The van der Waals surface area contributed by atoms with Crippen LogP contribution in [0.15, 0.2) is 58.5 Å². The summed E-state index contributed by atoms with van der Waals surface area (Å²) in [6, 6.07) is 14.6. The number of para-hydroxylation sites is 2. The average molecular weight is 528 g/mol. The van der Waals surface area contributed by atoms with Gasteiger partial charge in [0.1, 0.15) is 5.03 Å². The SMILES string of the molecule is Cc1ccc(S(=O)(=O)N2CCN(C(=O)CSc3nc4ccccc4nc3N3CCOCC3)CC2)cc1. The maximum Gasteiger partial charge on any atom is 0.243 e. The Morgan fingerprint density at radius 3 is 2.22 bits per heavy atom. The number of thioether (sulfide) groups is 1. The molecule has 0 saturated carbocycles. The second kappa shape index (κ2) is 10.7. The normalized spacial score (nSPS) is 17.5. The molecule has 0 bridgehead atoms. The third-order valence-electron chi connectivity index (χ3n) is 6.41. The summed E-state index contributed by atoms with van der Waals surface area (Å²) in [5.74, 6) is 0.966. The van der Waals surface area contributed by atoms with Gasteiger partial charge in [-0.2, -0.15) is 4.31 Å². The number of anilines is 1. The van der Waals surface area contributed by atoms with Gasteiger partial charge in [-0.15, -0.1) is 0 Å². The third-order valence-corrected chi connectivity index (χ3v) is 9.27. The van der Waals surface area contributed by atoms with E-state index < -0.39 is 10.0 Å². The number of hydrogen-bond acceptors (Lipinski definition) is 8. The molecular formula is C25H29N5O4S2. The van der Waals surface area contributed by atoms with Gasteiger partial charge in [0, 0.05) is 39.3 Å². The fourth-order valence-electron chi connectivity index (χ4n) is 4.31. The Morgan fingerprint density at radius 2 is 1.56 bits per heavy atom. The molecule has 3 aromatic rings. The smallest absolute Gasteiger partial charge is 0.243 e. The maximum absolute atomic E-state index is 13.0. The summed E-state index contributed by atoms with van der Waals surface area (Å²) in [6.07, 6.45) is 0. The zero-order valence-corrected chi connectivity index (χ0v) is 21.8. The van der Waals surface area contributed by atoms with Crippen molar-refractivity contribution in [2.24, 2.45) is 0 Å². The van der Waals surface area contributed by atoms with Crippen molar-refractivity contribution in [3.63, 3.8) is 0 Å². The van der Waals surface area contributed by atoms with Crippen LogP contribution in [0.25, 0.3) is 11.0 Å². The predicted octanol–water partition coefficient (Wildman–Crippen LogP) is 2.40. The number of aryl methyl sites for hydroxylation is 1.